The van der Waals surface area contributed by atoms with Crippen molar-refractivity contribution >= 4 is 11.8 Å². The second kappa shape index (κ2) is 16.2. The fourth-order valence-electron chi connectivity index (χ4n) is 5.12. The summed E-state index contributed by atoms with van der Waals surface area (Å²) in [4.78, 5) is 18.6. The summed E-state index contributed by atoms with van der Waals surface area (Å²) in [5, 5.41) is 9.91. The van der Waals surface area contributed by atoms with Gasteiger partial charge in [0.25, 0.3) is 0 Å². The molecule has 1 aromatic carbocycles. The molecule has 0 aliphatic carbocycles. The molecule has 1 fully saturated rings. The quantitative estimate of drug-likeness (QED) is 0.262. The van der Waals surface area contributed by atoms with Gasteiger partial charge in [0.15, 0.2) is 0 Å². The average molecular weight is 490 g/mol. The number of rotatable bonds is 17. The highest BCUT2D eigenvalue weighted by Crippen LogP contribution is 2.29. The average Bonchev–Trinajstić information content (AvgIpc) is 2.83. The maximum Gasteiger partial charge on any atom is 0.411 e. The largest absolute Gasteiger partial charge is 0.465 e. The summed E-state index contributed by atoms with van der Waals surface area (Å²) in [7, 11) is 0. The maximum absolute atomic E-state index is 12.1. The van der Waals surface area contributed by atoms with E-state index in [2.05, 4.69) is 49.6 Å². The monoisotopic (exact) mass is 489 g/mol. The highest BCUT2D eigenvalue weighted by atomic mass is 16.5. The Morgan fingerprint density at radius 2 is 1.60 bits per heavy atom. The van der Waals surface area contributed by atoms with Crippen LogP contribution in [0.25, 0.3) is 0 Å². The molecule has 6 heteroatoms. The molecule has 1 amide bonds. The zero-order chi connectivity index (χ0) is 25.5. The van der Waals surface area contributed by atoms with E-state index in [1.54, 1.807) is 0 Å². The van der Waals surface area contributed by atoms with Gasteiger partial charge in [0.1, 0.15) is 0 Å². The van der Waals surface area contributed by atoms with Gasteiger partial charge in [-0.2, -0.15) is 0 Å². The molecule has 0 radical (unpaired) electrons. The van der Waals surface area contributed by atoms with Crippen molar-refractivity contribution in [1.82, 2.24) is 9.80 Å². The first kappa shape index (κ1) is 29.6. The van der Waals surface area contributed by atoms with Gasteiger partial charge in [-0.05, 0) is 63.0 Å². The van der Waals surface area contributed by atoms with Gasteiger partial charge in [0, 0.05) is 37.3 Å². The highest BCUT2D eigenvalue weighted by molar-refractivity contribution is 5.86. The van der Waals surface area contributed by atoms with Crippen LogP contribution in [0, 0.1) is 0 Å². The Kier molecular flexibility index (Phi) is 13.7. The third-order valence-corrected chi connectivity index (χ3v) is 7.08. The van der Waals surface area contributed by atoms with E-state index in [4.69, 9.17) is 4.74 Å². The van der Waals surface area contributed by atoms with E-state index in [0.717, 1.165) is 77.3 Å². The van der Waals surface area contributed by atoms with Crippen LogP contribution in [0.3, 0.4) is 0 Å². The van der Waals surface area contributed by atoms with Gasteiger partial charge in [0.2, 0.25) is 0 Å². The van der Waals surface area contributed by atoms with Crippen molar-refractivity contribution in [2.45, 2.75) is 84.5 Å². The molecule has 6 nitrogen and oxygen atoms in total. The lowest BCUT2D eigenvalue weighted by atomic mass is 9.83. The van der Waals surface area contributed by atoms with Crippen LogP contribution >= 0.6 is 0 Å². The number of unbranched alkanes of at least 4 members (excludes halogenated alkanes) is 5. The molecule has 1 aliphatic rings. The summed E-state index contributed by atoms with van der Waals surface area (Å²) < 4.78 is 5.41. The fraction of sp³-hybridized carbons (Fsp3) is 0.759. The summed E-state index contributed by atoms with van der Waals surface area (Å²) >= 11 is 0. The van der Waals surface area contributed by atoms with E-state index in [1.165, 1.54) is 42.7 Å². The van der Waals surface area contributed by atoms with Gasteiger partial charge in [-0.1, -0.05) is 65.5 Å². The van der Waals surface area contributed by atoms with E-state index >= 15 is 0 Å². The van der Waals surface area contributed by atoms with E-state index in [-0.39, 0.29) is 5.41 Å². The molecule has 0 unspecified atom stereocenters. The normalized spacial score (nSPS) is 15.0. The number of anilines is 1. The second-order valence-corrected chi connectivity index (χ2v) is 10.7. The van der Waals surface area contributed by atoms with Crippen LogP contribution in [-0.4, -0.2) is 80.0 Å². The molecule has 1 heterocycles. The Morgan fingerprint density at radius 3 is 2.23 bits per heavy atom. The van der Waals surface area contributed by atoms with Crippen LogP contribution in [-0.2, 0) is 10.2 Å². The maximum atomic E-state index is 12.1. The third kappa shape index (κ3) is 10.9. The number of benzene rings is 1. The first-order valence-electron chi connectivity index (χ1n) is 14.0. The van der Waals surface area contributed by atoms with Crippen molar-refractivity contribution in [3.05, 3.63) is 29.8 Å². The minimum Gasteiger partial charge on any atom is -0.465 e. The van der Waals surface area contributed by atoms with Gasteiger partial charge in [-0.15, -0.1) is 0 Å². The number of carboxylic acid groups (broad SMARTS) is 1. The van der Waals surface area contributed by atoms with Crippen molar-refractivity contribution in [1.29, 1.82) is 0 Å². The Bertz CT molecular complexity index is 713. The van der Waals surface area contributed by atoms with Crippen LogP contribution in [0.4, 0.5) is 10.5 Å². The number of hydrogen-bond acceptors (Lipinski definition) is 4. The number of nitrogens with zero attached hydrogens (tertiary/aromatic N) is 3. The van der Waals surface area contributed by atoms with Gasteiger partial charge in [0.05, 0.1) is 13.2 Å². The highest BCUT2D eigenvalue weighted by Gasteiger charge is 2.25. The molecule has 1 saturated heterocycles. The number of ether oxygens (including phenoxy) is 1. The van der Waals surface area contributed by atoms with Crippen molar-refractivity contribution in [2.24, 2.45) is 0 Å². The van der Waals surface area contributed by atoms with Gasteiger partial charge in [-0.3, -0.25) is 9.80 Å². The van der Waals surface area contributed by atoms with Crippen LogP contribution < -0.4 is 4.90 Å². The molecule has 200 valence electrons. The molecule has 2 rings (SSSR count). The summed E-state index contributed by atoms with van der Waals surface area (Å²) in [5.41, 5.74) is 1.97. The molecule has 0 bridgehead atoms. The van der Waals surface area contributed by atoms with Crippen LogP contribution in [0.1, 0.15) is 84.6 Å². The number of hydrogen-bond donors (Lipinski definition) is 1. The van der Waals surface area contributed by atoms with Gasteiger partial charge < -0.3 is 14.7 Å². The van der Waals surface area contributed by atoms with Crippen molar-refractivity contribution in [2.75, 3.05) is 63.9 Å². The van der Waals surface area contributed by atoms with Gasteiger partial charge >= 0.3 is 6.09 Å². The Labute approximate surface area is 214 Å². The Hall–Kier alpha value is -1.63. The SMILES string of the molecule is CCCN(CCC)CC(C)(C)c1cccc(N(CCCCCCCCN2CCOCC2)C(=O)O)c1. The standard InChI is InChI=1S/C29H51N3O3/c1-5-16-31(17-6-2)25-29(3,4)26-14-13-15-27(24-26)32(28(33)34)19-12-10-8-7-9-11-18-30-20-22-35-23-21-30/h13-15,24H,5-12,16-23,25H2,1-4H3,(H,33,34). The lowest BCUT2D eigenvalue weighted by Gasteiger charge is -2.33. The van der Waals surface area contributed by atoms with Crippen molar-refractivity contribution in [3.63, 3.8) is 0 Å². The van der Waals surface area contributed by atoms with E-state index < -0.39 is 6.09 Å². The summed E-state index contributed by atoms with van der Waals surface area (Å²) in [6.07, 6.45) is 8.33. The van der Waals surface area contributed by atoms with E-state index in [9.17, 15) is 9.90 Å². The van der Waals surface area contributed by atoms with Crippen LogP contribution in [0.15, 0.2) is 24.3 Å². The molecule has 0 spiro atoms. The first-order chi connectivity index (χ1) is 16.9. The zero-order valence-corrected chi connectivity index (χ0v) is 22.9. The molecular formula is C29H51N3O3. The number of morpholine rings is 1. The molecule has 0 aromatic heterocycles. The molecule has 1 N–H and O–H groups in total. The molecule has 1 aliphatic heterocycles. The number of amides is 1. The molecule has 35 heavy (non-hydrogen) atoms. The van der Waals surface area contributed by atoms with Crippen molar-refractivity contribution in [3.8, 4) is 0 Å². The topological polar surface area (TPSA) is 56.2 Å². The molecule has 1 aromatic rings. The Balaban J connectivity index is 1.80. The predicted octanol–water partition coefficient (Wildman–Crippen LogP) is 6.24. The van der Waals surface area contributed by atoms with Crippen molar-refractivity contribution < 1.29 is 14.6 Å². The summed E-state index contributed by atoms with van der Waals surface area (Å²) in [6.45, 7) is 17.8. The van der Waals surface area contributed by atoms with Crippen LogP contribution in [0.2, 0.25) is 0 Å². The summed E-state index contributed by atoms with van der Waals surface area (Å²) in [6, 6.07) is 8.20. The van der Waals surface area contributed by atoms with E-state index in [1.807, 2.05) is 12.1 Å². The number of carbonyl (C=O) groups is 1. The van der Waals surface area contributed by atoms with Crippen LogP contribution in [0.5, 0.6) is 0 Å². The summed E-state index contributed by atoms with van der Waals surface area (Å²) in [5.74, 6) is 0. The lowest BCUT2D eigenvalue weighted by molar-refractivity contribution is 0.0371. The fourth-order valence-corrected chi connectivity index (χ4v) is 5.12. The zero-order valence-electron chi connectivity index (χ0n) is 22.9. The lowest BCUT2D eigenvalue weighted by Crippen LogP contribution is -2.38. The molecule has 0 atom stereocenters. The van der Waals surface area contributed by atoms with Gasteiger partial charge in [-0.25, -0.2) is 4.79 Å². The van der Waals surface area contributed by atoms with E-state index in [0.29, 0.717) is 6.54 Å². The Morgan fingerprint density at radius 1 is 0.971 bits per heavy atom. The third-order valence-electron chi connectivity index (χ3n) is 7.08. The molecule has 0 saturated carbocycles. The predicted molar refractivity (Wildman–Crippen MR) is 147 cm³/mol. The smallest absolute Gasteiger partial charge is 0.411 e. The molecular weight excluding hydrogens is 438 g/mol. The first-order valence-corrected chi connectivity index (χ1v) is 14.0. The minimum atomic E-state index is -0.857. The second-order valence-electron chi connectivity index (χ2n) is 10.7. The minimum absolute atomic E-state index is 0.0360.